The van der Waals surface area contributed by atoms with Crippen LogP contribution in [-0.2, 0) is 34.9 Å². The molecule has 254 valence electrons. The van der Waals surface area contributed by atoms with Gasteiger partial charge in [0.25, 0.3) is 0 Å². The van der Waals surface area contributed by atoms with E-state index in [4.69, 9.17) is 23.5 Å². The third-order valence-electron chi connectivity index (χ3n) is 8.67. The third-order valence-corrected chi connectivity index (χ3v) is 13.2. The summed E-state index contributed by atoms with van der Waals surface area (Å²) in [7, 11) is -2.01. The maximum atomic E-state index is 15.5. The van der Waals surface area contributed by atoms with E-state index in [2.05, 4.69) is 49.0 Å². The molecule has 46 heavy (non-hydrogen) atoms. The van der Waals surface area contributed by atoms with Crippen molar-refractivity contribution in [3.05, 3.63) is 42.0 Å². The molecule has 1 aromatic carbocycles. The fraction of sp³-hybridized carbons (Fsp3) is 0.647. The van der Waals surface area contributed by atoms with Crippen molar-refractivity contribution in [2.24, 2.45) is 16.5 Å². The number of anilines is 1. The molecule has 4 rings (SSSR count). The van der Waals surface area contributed by atoms with Gasteiger partial charge in [0.2, 0.25) is 5.95 Å². The Hall–Kier alpha value is -2.93. The van der Waals surface area contributed by atoms with E-state index < -0.39 is 13.7 Å². The van der Waals surface area contributed by atoms with Crippen molar-refractivity contribution >= 4 is 25.9 Å². The summed E-state index contributed by atoms with van der Waals surface area (Å²) >= 11 is 0. The van der Waals surface area contributed by atoms with Crippen LogP contribution in [0.5, 0.6) is 0 Å². The summed E-state index contributed by atoms with van der Waals surface area (Å²) in [6.45, 7) is 19.0. The van der Waals surface area contributed by atoms with Crippen LogP contribution in [0, 0.1) is 17.2 Å². The normalized spacial score (nSPS) is 18.2. The zero-order chi connectivity index (χ0) is 33.5. The smallest absolute Gasteiger partial charge is 0.311 e. The SMILES string of the molecule is CC(C)(C)C(=O)OCC(CON=C1CN(c2ncc(-c3cccc(CO[Si](C)(C)C(C)(C)C)c3F)cn2)C1)COC1CCCCO1. The first-order valence-corrected chi connectivity index (χ1v) is 19.1. The third kappa shape index (κ3) is 9.79. The summed E-state index contributed by atoms with van der Waals surface area (Å²) in [6, 6.07) is 5.34. The average Bonchev–Trinajstić information content (AvgIpc) is 2.98. The van der Waals surface area contributed by atoms with Gasteiger partial charge in [0.05, 0.1) is 50.0 Å². The summed E-state index contributed by atoms with van der Waals surface area (Å²) in [5, 5.41) is 4.33. The maximum absolute atomic E-state index is 15.5. The first-order chi connectivity index (χ1) is 21.6. The number of esters is 1. The molecule has 2 atom stereocenters. The fourth-order valence-corrected chi connectivity index (χ4v) is 5.43. The molecule has 2 fully saturated rings. The summed E-state index contributed by atoms with van der Waals surface area (Å²) in [5.41, 5.74) is 1.83. The van der Waals surface area contributed by atoms with E-state index >= 15 is 4.39 Å². The lowest BCUT2D eigenvalue weighted by Crippen LogP contribution is -2.48. The first kappa shape index (κ1) is 35.9. The zero-order valence-corrected chi connectivity index (χ0v) is 29.7. The summed E-state index contributed by atoms with van der Waals surface area (Å²) in [4.78, 5) is 28.9. The Bertz CT molecular complexity index is 1330. The van der Waals surface area contributed by atoms with Crippen molar-refractivity contribution in [2.45, 2.75) is 91.8 Å². The number of benzene rings is 1. The molecule has 10 nitrogen and oxygen atoms in total. The number of rotatable bonds is 13. The number of carbonyl (C=O) groups is 1. The highest BCUT2D eigenvalue weighted by atomic mass is 28.4. The predicted molar refractivity (Wildman–Crippen MR) is 178 cm³/mol. The topological polar surface area (TPSA) is 105 Å². The minimum Gasteiger partial charge on any atom is -0.465 e. The Morgan fingerprint density at radius 2 is 1.80 bits per heavy atom. The van der Waals surface area contributed by atoms with Crippen LogP contribution in [0.25, 0.3) is 11.1 Å². The number of nitrogens with zero attached hydrogens (tertiary/aromatic N) is 4. The molecule has 0 bridgehead atoms. The van der Waals surface area contributed by atoms with Crippen molar-refractivity contribution in [3.63, 3.8) is 0 Å². The van der Waals surface area contributed by atoms with E-state index in [-0.39, 0.29) is 48.9 Å². The molecule has 0 spiro atoms. The average molecular weight is 659 g/mol. The quantitative estimate of drug-likeness (QED) is 0.131. The van der Waals surface area contributed by atoms with Crippen LogP contribution in [0.15, 0.2) is 35.7 Å². The van der Waals surface area contributed by atoms with Crippen LogP contribution in [0.2, 0.25) is 18.1 Å². The summed E-state index contributed by atoms with van der Waals surface area (Å²) < 4.78 is 38.9. The molecular formula is C34H51FN4O6Si. The van der Waals surface area contributed by atoms with Crippen molar-refractivity contribution in [3.8, 4) is 11.1 Å². The lowest BCUT2D eigenvalue weighted by Gasteiger charge is -2.36. The van der Waals surface area contributed by atoms with Gasteiger partial charge in [-0.2, -0.15) is 0 Å². The minimum absolute atomic E-state index is 0.0438. The summed E-state index contributed by atoms with van der Waals surface area (Å²) in [5.74, 6) is -0.236. The Labute approximate surface area is 274 Å². The highest BCUT2D eigenvalue weighted by Crippen LogP contribution is 2.37. The van der Waals surface area contributed by atoms with Gasteiger partial charge in [-0.25, -0.2) is 14.4 Å². The number of hydrogen-bond acceptors (Lipinski definition) is 10. The number of aromatic nitrogens is 2. The van der Waals surface area contributed by atoms with Crippen LogP contribution in [0.1, 0.15) is 66.4 Å². The van der Waals surface area contributed by atoms with E-state index in [0.717, 1.165) is 25.0 Å². The molecule has 0 saturated carbocycles. The van der Waals surface area contributed by atoms with Crippen LogP contribution in [0.4, 0.5) is 10.3 Å². The zero-order valence-electron chi connectivity index (χ0n) is 28.7. The fourth-order valence-electron chi connectivity index (χ4n) is 4.48. The number of oxime groups is 1. The molecule has 2 aliphatic rings. The monoisotopic (exact) mass is 658 g/mol. The number of hydrogen-bond donors (Lipinski definition) is 0. The van der Waals surface area contributed by atoms with Gasteiger partial charge in [-0.05, 0) is 58.2 Å². The number of halogens is 1. The maximum Gasteiger partial charge on any atom is 0.311 e. The highest BCUT2D eigenvalue weighted by molar-refractivity contribution is 6.74. The Kier molecular flexibility index (Phi) is 12.0. The van der Waals surface area contributed by atoms with Crippen LogP contribution in [-0.4, -0.2) is 75.8 Å². The molecule has 0 radical (unpaired) electrons. The molecule has 3 heterocycles. The summed E-state index contributed by atoms with van der Waals surface area (Å²) in [6.07, 6.45) is 6.01. The molecule has 1 aromatic heterocycles. The molecule has 2 saturated heterocycles. The van der Waals surface area contributed by atoms with Crippen LogP contribution < -0.4 is 4.90 Å². The van der Waals surface area contributed by atoms with E-state index in [0.29, 0.717) is 48.9 Å². The van der Waals surface area contributed by atoms with Crippen molar-refractivity contribution in [2.75, 3.05) is 44.4 Å². The van der Waals surface area contributed by atoms with Crippen molar-refractivity contribution in [1.82, 2.24) is 9.97 Å². The lowest BCUT2D eigenvalue weighted by atomic mass is 9.97. The second-order valence-electron chi connectivity index (χ2n) is 14.8. The number of ether oxygens (including phenoxy) is 3. The molecule has 0 N–H and O–H groups in total. The van der Waals surface area contributed by atoms with Gasteiger partial charge < -0.3 is 28.4 Å². The van der Waals surface area contributed by atoms with Crippen LogP contribution in [0.3, 0.4) is 0 Å². The Balaban J connectivity index is 1.28. The van der Waals surface area contributed by atoms with Crippen molar-refractivity contribution < 1.29 is 32.7 Å². The van der Waals surface area contributed by atoms with Crippen molar-refractivity contribution in [1.29, 1.82) is 0 Å². The molecule has 2 unspecified atom stereocenters. The van der Waals surface area contributed by atoms with E-state index in [9.17, 15) is 4.79 Å². The molecule has 12 heteroatoms. The van der Waals surface area contributed by atoms with Crippen LogP contribution >= 0.6 is 0 Å². The van der Waals surface area contributed by atoms with E-state index in [1.54, 1.807) is 24.5 Å². The second kappa shape index (κ2) is 15.3. The lowest BCUT2D eigenvalue weighted by molar-refractivity contribution is -0.178. The second-order valence-corrected chi connectivity index (χ2v) is 19.6. The van der Waals surface area contributed by atoms with E-state index in [1.807, 2.05) is 31.7 Å². The van der Waals surface area contributed by atoms with Gasteiger partial charge in [0.1, 0.15) is 12.4 Å². The molecule has 0 aliphatic carbocycles. The van der Waals surface area contributed by atoms with E-state index in [1.165, 1.54) is 0 Å². The standard InChI is InChI=1S/C34H51FN4O6Si/c1-33(2,3)31(40)43-21-24(20-42-29-14-9-10-15-41-29)22-44-38-27-18-39(19-27)32-36-16-26(17-37-32)28-13-11-12-25(30(28)35)23-45-46(7,8)34(4,5)6/h11-13,16-17,24,29H,9-10,14-15,18-23H2,1-8H3. The van der Waals surface area contributed by atoms with Gasteiger partial charge >= 0.3 is 5.97 Å². The minimum atomic E-state index is -2.01. The van der Waals surface area contributed by atoms with Gasteiger partial charge in [0, 0.05) is 35.7 Å². The molecule has 2 aliphatic heterocycles. The van der Waals surface area contributed by atoms with Gasteiger partial charge in [0.15, 0.2) is 14.6 Å². The first-order valence-electron chi connectivity index (χ1n) is 16.2. The highest BCUT2D eigenvalue weighted by Gasteiger charge is 2.37. The predicted octanol–water partition coefficient (Wildman–Crippen LogP) is 6.75. The molecule has 2 aromatic rings. The molecular weight excluding hydrogens is 607 g/mol. The largest absolute Gasteiger partial charge is 0.465 e. The van der Waals surface area contributed by atoms with Gasteiger partial charge in [-0.1, -0.05) is 44.1 Å². The van der Waals surface area contributed by atoms with Gasteiger partial charge in [-0.3, -0.25) is 4.79 Å². The Morgan fingerprint density at radius 3 is 2.43 bits per heavy atom. The molecule has 0 amide bonds. The Morgan fingerprint density at radius 1 is 1.09 bits per heavy atom. The van der Waals surface area contributed by atoms with Gasteiger partial charge in [-0.15, -0.1) is 0 Å². The number of carbonyl (C=O) groups excluding carboxylic acids is 1.